The molecule has 3 heterocycles. The summed E-state index contributed by atoms with van der Waals surface area (Å²) in [6, 6.07) is 1.43. The minimum atomic E-state index is 0.325. The Bertz CT molecular complexity index is 437. The normalized spacial score (nSPS) is 30.3. The van der Waals surface area contributed by atoms with Crippen molar-refractivity contribution in [2.75, 3.05) is 12.1 Å². The topological polar surface area (TPSA) is 42.2 Å². The highest BCUT2D eigenvalue weighted by molar-refractivity contribution is 8.76. The summed E-state index contributed by atoms with van der Waals surface area (Å²) in [6.45, 7) is 4.20. The summed E-state index contributed by atoms with van der Waals surface area (Å²) in [6.07, 6.45) is 7.20. The average Bonchev–Trinajstić information content (AvgIpc) is 3.00. The molecule has 4 nitrogen and oxygen atoms in total. The Morgan fingerprint density at radius 2 is 1.95 bits per heavy atom. The molecule has 3 rings (SSSR count). The van der Waals surface area contributed by atoms with E-state index in [4.69, 9.17) is 4.42 Å². The number of hydrogen-bond donors (Lipinski definition) is 0. The molecule has 2 aliphatic heterocycles. The molecule has 2 saturated heterocycles. The van der Waals surface area contributed by atoms with Gasteiger partial charge < -0.3 is 4.42 Å². The van der Waals surface area contributed by atoms with E-state index in [9.17, 15) is 0 Å². The third-order valence-corrected chi connectivity index (χ3v) is 6.17. The number of nitrogens with zero attached hydrogens (tertiary/aromatic N) is 3. The predicted molar refractivity (Wildman–Crippen MR) is 85.0 cm³/mol. The molecule has 112 valence electrons. The Hall–Kier alpha value is -0.200. The van der Waals surface area contributed by atoms with Crippen LogP contribution in [0.4, 0.5) is 0 Å². The van der Waals surface area contributed by atoms with E-state index in [0.29, 0.717) is 23.9 Å². The molecule has 2 atom stereocenters. The van der Waals surface area contributed by atoms with Crippen molar-refractivity contribution in [3.05, 3.63) is 11.8 Å². The predicted octanol–water partition coefficient (Wildman–Crippen LogP) is 3.87. The van der Waals surface area contributed by atoms with Crippen molar-refractivity contribution in [1.82, 2.24) is 15.1 Å². The molecule has 20 heavy (non-hydrogen) atoms. The van der Waals surface area contributed by atoms with Gasteiger partial charge in [0, 0.05) is 23.9 Å². The maximum atomic E-state index is 5.88. The fourth-order valence-electron chi connectivity index (χ4n) is 3.44. The van der Waals surface area contributed by atoms with Crippen molar-refractivity contribution in [1.29, 1.82) is 0 Å². The second-order valence-electron chi connectivity index (χ2n) is 6.11. The van der Waals surface area contributed by atoms with Crippen LogP contribution in [0, 0.1) is 0 Å². The van der Waals surface area contributed by atoms with E-state index < -0.39 is 0 Å². The van der Waals surface area contributed by atoms with Gasteiger partial charge in [-0.15, -0.1) is 10.2 Å². The van der Waals surface area contributed by atoms with Crippen LogP contribution < -0.4 is 0 Å². The van der Waals surface area contributed by atoms with E-state index in [1.165, 1.54) is 25.7 Å². The molecule has 0 N–H and O–H groups in total. The van der Waals surface area contributed by atoms with Crippen LogP contribution in [0.2, 0.25) is 0 Å². The van der Waals surface area contributed by atoms with Gasteiger partial charge in [-0.2, -0.15) is 0 Å². The van der Waals surface area contributed by atoms with E-state index in [1.54, 1.807) is 0 Å². The van der Waals surface area contributed by atoms with Crippen molar-refractivity contribution in [2.45, 2.75) is 63.5 Å². The number of piperidine rings is 1. The van der Waals surface area contributed by atoms with Gasteiger partial charge in [0.1, 0.15) is 0 Å². The average molecular weight is 313 g/mol. The van der Waals surface area contributed by atoms with Gasteiger partial charge in [-0.05, 0) is 31.9 Å². The molecule has 1 aromatic rings. The van der Waals surface area contributed by atoms with Crippen LogP contribution >= 0.6 is 21.6 Å². The Morgan fingerprint density at radius 1 is 1.25 bits per heavy atom. The van der Waals surface area contributed by atoms with Gasteiger partial charge in [-0.1, -0.05) is 35.4 Å². The summed E-state index contributed by atoms with van der Waals surface area (Å²) in [5, 5.41) is 8.49. The molecular weight excluding hydrogens is 290 g/mol. The largest absolute Gasteiger partial charge is 0.425 e. The number of hydrogen-bond acceptors (Lipinski definition) is 6. The molecule has 6 heteroatoms. The Kier molecular flexibility index (Phi) is 4.62. The smallest absolute Gasteiger partial charge is 0.219 e. The highest BCUT2D eigenvalue weighted by atomic mass is 33.1. The molecule has 0 aliphatic carbocycles. The van der Waals surface area contributed by atoms with Gasteiger partial charge in [-0.25, -0.2) is 0 Å². The number of fused-ring (bicyclic) bond motifs is 2. The SMILES string of the molecule is CSSCN1C2CCC1CC(c1nnc(C(C)C)o1)C2. The van der Waals surface area contributed by atoms with Gasteiger partial charge in [0.05, 0.1) is 5.88 Å². The van der Waals surface area contributed by atoms with Crippen LogP contribution in [0.1, 0.15) is 63.1 Å². The third-order valence-electron chi connectivity index (χ3n) is 4.50. The zero-order valence-corrected chi connectivity index (χ0v) is 14.0. The van der Waals surface area contributed by atoms with Crippen LogP contribution in [0.25, 0.3) is 0 Å². The molecule has 0 saturated carbocycles. The lowest BCUT2D eigenvalue weighted by Gasteiger charge is -2.37. The summed E-state index contributed by atoms with van der Waals surface area (Å²) in [5.41, 5.74) is 0. The summed E-state index contributed by atoms with van der Waals surface area (Å²) in [4.78, 5) is 2.69. The Labute approximate surface area is 128 Å². The van der Waals surface area contributed by atoms with Crippen LogP contribution in [0.15, 0.2) is 4.42 Å². The van der Waals surface area contributed by atoms with Crippen molar-refractivity contribution < 1.29 is 4.42 Å². The van der Waals surface area contributed by atoms with Crippen molar-refractivity contribution in [3.63, 3.8) is 0 Å². The van der Waals surface area contributed by atoms with Gasteiger partial charge in [0.15, 0.2) is 0 Å². The molecule has 2 unspecified atom stereocenters. The lowest BCUT2D eigenvalue weighted by molar-refractivity contribution is 0.143. The molecule has 1 aromatic heterocycles. The van der Waals surface area contributed by atoms with Crippen LogP contribution in [-0.4, -0.2) is 39.3 Å². The van der Waals surface area contributed by atoms with Gasteiger partial charge in [0.25, 0.3) is 0 Å². The van der Waals surface area contributed by atoms with E-state index in [2.05, 4.69) is 35.2 Å². The van der Waals surface area contributed by atoms with Crippen molar-refractivity contribution in [2.24, 2.45) is 0 Å². The summed E-state index contributed by atoms with van der Waals surface area (Å²) in [5.74, 6) is 3.62. The third kappa shape index (κ3) is 2.88. The lowest BCUT2D eigenvalue weighted by Crippen LogP contribution is -2.41. The highest BCUT2D eigenvalue weighted by Gasteiger charge is 2.42. The van der Waals surface area contributed by atoms with Crippen molar-refractivity contribution >= 4 is 21.6 Å². The first-order chi connectivity index (χ1) is 9.69. The van der Waals surface area contributed by atoms with E-state index in [1.807, 2.05) is 21.6 Å². The molecule has 0 spiro atoms. The molecule has 2 bridgehead atoms. The van der Waals surface area contributed by atoms with E-state index in [0.717, 1.165) is 17.7 Å². The fourth-order valence-corrected chi connectivity index (χ4v) is 4.78. The first-order valence-electron chi connectivity index (χ1n) is 7.43. The molecular formula is C14H23N3OS2. The molecule has 2 fully saturated rings. The lowest BCUT2D eigenvalue weighted by atomic mass is 9.91. The Balaban J connectivity index is 1.67. The maximum absolute atomic E-state index is 5.88. The van der Waals surface area contributed by atoms with Crippen LogP contribution in [-0.2, 0) is 0 Å². The number of rotatable bonds is 5. The molecule has 0 aromatic carbocycles. The molecule has 2 aliphatic rings. The maximum Gasteiger partial charge on any atom is 0.219 e. The van der Waals surface area contributed by atoms with E-state index >= 15 is 0 Å². The minimum absolute atomic E-state index is 0.325. The summed E-state index contributed by atoms with van der Waals surface area (Å²) < 4.78 is 5.88. The molecule has 0 amide bonds. The monoisotopic (exact) mass is 313 g/mol. The second-order valence-corrected chi connectivity index (χ2v) is 8.65. The highest BCUT2D eigenvalue weighted by Crippen LogP contribution is 2.44. The standard InChI is InChI=1S/C14H23N3OS2/c1-9(2)13-15-16-14(18-13)10-6-11-4-5-12(7-10)17(11)8-20-19-3/h9-12H,4-8H2,1-3H3. The van der Waals surface area contributed by atoms with E-state index in [-0.39, 0.29) is 0 Å². The summed E-state index contributed by atoms with van der Waals surface area (Å²) >= 11 is 0. The van der Waals surface area contributed by atoms with Gasteiger partial charge in [-0.3, -0.25) is 4.90 Å². The fraction of sp³-hybridized carbons (Fsp3) is 0.857. The van der Waals surface area contributed by atoms with Crippen LogP contribution in [0.5, 0.6) is 0 Å². The quantitative estimate of drug-likeness (QED) is 0.769. The molecule has 0 radical (unpaired) electrons. The van der Waals surface area contributed by atoms with Gasteiger partial charge >= 0.3 is 0 Å². The zero-order valence-electron chi connectivity index (χ0n) is 12.4. The van der Waals surface area contributed by atoms with Crippen LogP contribution in [0.3, 0.4) is 0 Å². The summed E-state index contributed by atoms with van der Waals surface area (Å²) in [7, 11) is 3.82. The minimum Gasteiger partial charge on any atom is -0.425 e. The van der Waals surface area contributed by atoms with Gasteiger partial charge in [0.2, 0.25) is 11.8 Å². The first-order valence-corrected chi connectivity index (χ1v) is 10.2. The second kappa shape index (κ2) is 6.28. The first kappa shape index (κ1) is 14.7. The van der Waals surface area contributed by atoms with Crippen molar-refractivity contribution in [3.8, 4) is 0 Å². The Morgan fingerprint density at radius 3 is 2.50 bits per heavy atom. The zero-order chi connectivity index (χ0) is 14.1. The number of aromatic nitrogens is 2.